The Bertz CT molecular complexity index is 941. The van der Waals surface area contributed by atoms with E-state index < -0.39 is 5.82 Å². The second-order valence-electron chi connectivity index (χ2n) is 7.22. The lowest BCUT2D eigenvalue weighted by atomic mass is 10.2. The lowest BCUT2D eigenvalue weighted by Gasteiger charge is -2.23. The van der Waals surface area contributed by atoms with Crippen molar-refractivity contribution in [2.75, 3.05) is 19.6 Å². The van der Waals surface area contributed by atoms with Gasteiger partial charge in [0.25, 0.3) is 0 Å². The molecule has 2 aromatic heterocycles. The predicted molar refractivity (Wildman–Crippen MR) is 108 cm³/mol. The van der Waals surface area contributed by atoms with E-state index in [1.165, 1.54) is 18.3 Å². The zero-order valence-corrected chi connectivity index (χ0v) is 16.2. The summed E-state index contributed by atoms with van der Waals surface area (Å²) < 4.78 is 13.7. The van der Waals surface area contributed by atoms with Crippen molar-refractivity contribution in [3.8, 4) is 0 Å². The van der Waals surface area contributed by atoms with Crippen molar-refractivity contribution in [2.45, 2.75) is 32.0 Å². The molecule has 29 heavy (non-hydrogen) atoms. The number of benzene rings is 1. The highest BCUT2D eigenvalue weighted by atomic mass is 19.1. The van der Waals surface area contributed by atoms with Gasteiger partial charge in [-0.25, -0.2) is 9.37 Å². The molecular weight excluding hydrogens is 371 g/mol. The number of nitrogens with one attached hydrogen (secondary N) is 3. The highest BCUT2D eigenvalue weighted by Crippen LogP contribution is 2.17. The highest BCUT2D eigenvalue weighted by Gasteiger charge is 2.30. The Morgan fingerprint density at radius 3 is 3.00 bits per heavy atom. The summed E-state index contributed by atoms with van der Waals surface area (Å²) in [5.41, 5.74) is 2.26. The summed E-state index contributed by atoms with van der Waals surface area (Å²) in [6.07, 6.45) is 3.33. The molecule has 0 radical (unpaired) electrons. The van der Waals surface area contributed by atoms with Crippen LogP contribution in [0.2, 0.25) is 0 Å². The van der Waals surface area contributed by atoms with Crippen LogP contribution < -0.4 is 10.6 Å². The van der Waals surface area contributed by atoms with Crippen molar-refractivity contribution in [3.05, 3.63) is 59.9 Å². The summed E-state index contributed by atoms with van der Waals surface area (Å²) in [5.74, 6) is 0.440. The molecule has 3 N–H and O–H groups in total. The van der Waals surface area contributed by atoms with Crippen LogP contribution in [-0.2, 0) is 17.9 Å². The number of rotatable bonds is 8. The van der Waals surface area contributed by atoms with Crippen LogP contribution in [0.15, 0.2) is 42.6 Å². The largest absolute Gasteiger partial charge is 0.349 e. The third-order valence-electron chi connectivity index (χ3n) is 5.24. The van der Waals surface area contributed by atoms with Gasteiger partial charge in [-0.05, 0) is 43.7 Å². The first-order chi connectivity index (χ1) is 14.2. The number of amides is 1. The van der Waals surface area contributed by atoms with Gasteiger partial charge in [0.1, 0.15) is 11.6 Å². The fraction of sp³-hybridized carbons (Fsp3) is 0.381. The Labute approximate surface area is 168 Å². The molecule has 1 amide bonds. The molecule has 0 bridgehead atoms. The van der Waals surface area contributed by atoms with Crippen LogP contribution in [0.5, 0.6) is 0 Å². The van der Waals surface area contributed by atoms with E-state index >= 15 is 0 Å². The highest BCUT2D eigenvalue weighted by molar-refractivity contribution is 5.82. The minimum absolute atomic E-state index is 0.0650. The second kappa shape index (κ2) is 9.11. The van der Waals surface area contributed by atoms with Gasteiger partial charge in [-0.15, -0.1) is 0 Å². The molecule has 152 valence electrons. The van der Waals surface area contributed by atoms with Crippen LogP contribution in [0.3, 0.4) is 0 Å². The number of likely N-dealkylation sites (tertiary alicyclic amines) is 1. The van der Waals surface area contributed by atoms with Crippen molar-refractivity contribution in [3.63, 3.8) is 0 Å². The van der Waals surface area contributed by atoms with Crippen molar-refractivity contribution < 1.29 is 9.18 Å². The summed E-state index contributed by atoms with van der Waals surface area (Å²) in [7, 11) is 0. The zero-order valence-electron chi connectivity index (χ0n) is 16.2. The molecular formula is C21H25FN6O. The molecule has 0 saturated carbocycles. The number of carbonyl (C=O) groups excluding carboxylic acids is 1. The number of fused-ring (bicyclic) bond motifs is 1. The van der Waals surface area contributed by atoms with Crippen LogP contribution >= 0.6 is 0 Å². The average molecular weight is 396 g/mol. The van der Waals surface area contributed by atoms with Gasteiger partial charge >= 0.3 is 0 Å². The monoisotopic (exact) mass is 396 g/mol. The van der Waals surface area contributed by atoms with Gasteiger partial charge in [-0.1, -0.05) is 12.1 Å². The predicted octanol–water partition coefficient (Wildman–Crippen LogP) is 1.97. The number of nitrogens with zero attached hydrogens (tertiary/aromatic N) is 3. The van der Waals surface area contributed by atoms with Crippen molar-refractivity contribution in [2.24, 2.45) is 0 Å². The number of imidazole rings is 1. The number of aromatic nitrogens is 3. The standard InChI is InChI=1S/C21H25FN6O/c22-15-5-3-9-24-18(15)13-25-21(29)19-8-4-11-28(19)12-10-23-14-20-26-16-6-1-2-7-17(16)27-20/h1-3,5-7,9,19,23H,4,8,10-14H2,(H,25,29)(H,26,27). The lowest BCUT2D eigenvalue weighted by Crippen LogP contribution is -2.45. The van der Waals surface area contributed by atoms with Gasteiger partial charge in [0, 0.05) is 19.3 Å². The third kappa shape index (κ3) is 4.78. The lowest BCUT2D eigenvalue weighted by molar-refractivity contribution is -0.125. The number of hydrogen-bond donors (Lipinski definition) is 3. The van der Waals surface area contributed by atoms with Crippen LogP contribution in [0.25, 0.3) is 11.0 Å². The Morgan fingerprint density at radius 2 is 2.14 bits per heavy atom. The van der Waals surface area contributed by atoms with E-state index in [0.717, 1.165) is 49.3 Å². The number of para-hydroxylation sites is 2. The van der Waals surface area contributed by atoms with Crippen LogP contribution in [0, 0.1) is 5.82 Å². The smallest absolute Gasteiger partial charge is 0.237 e. The van der Waals surface area contributed by atoms with Gasteiger partial charge in [-0.3, -0.25) is 14.7 Å². The van der Waals surface area contributed by atoms with Crippen molar-refractivity contribution in [1.29, 1.82) is 0 Å². The maximum atomic E-state index is 13.7. The number of carbonyl (C=O) groups is 1. The van der Waals surface area contributed by atoms with Gasteiger partial charge in [0.2, 0.25) is 5.91 Å². The summed E-state index contributed by atoms with van der Waals surface area (Å²) in [5, 5.41) is 6.21. The number of pyridine rings is 1. The molecule has 4 rings (SSSR count). The summed E-state index contributed by atoms with van der Waals surface area (Å²) in [4.78, 5) is 26.6. The molecule has 1 unspecified atom stereocenters. The molecule has 1 saturated heterocycles. The molecule has 1 atom stereocenters. The fourth-order valence-electron chi connectivity index (χ4n) is 3.75. The molecule has 3 aromatic rings. The van der Waals surface area contributed by atoms with E-state index in [2.05, 4.69) is 30.5 Å². The first-order valence-electron chi connectivity index (χ1n) is 9.96. The van der Waals surface area contributed by atoms with Gasteiger partial charge in [0.15, 0.2) is 0 Å². The van der Waals surface area contributed by atoms with E-state index in [1.807, 2.05) is 24.3 Å². The van der Waals surface area contributed by atoms with Gasteiger partial charge in [-0.2, -0.15) is 0 Å². The Hall–Kier alpha value is -2.84. The Kier molecular flexibility index (Phi) is 6.12. The second-order valence-corrected chi connectivity index (χ2v) is 7.22. The van der Waals surface area contributed by atoms with Crippen molar-refractivity contribution in [1.82, 2.24) is 30.5 Å². The summed E-state index contributed by atoms with van der Waals surface area (Å²) in [6, 6.07) is 10.7. The zero-order chi connectivity index (χ0) is 20.1. The van der Waals surface area contributed by atoms with E-state index in [0.29, 0.717) is 6.54 Å². The molecule has 3 heterocycles. The average Bonchev–Trinajstić information content (AvgIpc) is 3.37. The number of hydrogen-bond acceptors (Lipinski definition) is 5. The first-order valence-corrected chi connectivity index (χ1v) is 9.96. The third-order valence-corrected chi connectivity index (χ3v) is 5.24. The van der Waals surface area contributed by atoms with Gasteiger partial charge < -0.3 is 15.6 Å². The SMILES string of the molecule is O=C(NCc1ncccc1F)C1CCCN1CCNCc1nc2ccccc2[nH]1. The van der Waals surface area contributed by atoms with E-state index in [1.54, 1.807) is 0 Å². The maximum Gasteiger partial charge on any atom is 0.237 e. The Balaban J connectivity index is 1.23. The normalized spacial score (nSPS) is 17.1. The van der Waals surface area contributed by atoms with Crippen LogP contribution in [0.4, 0.5) is 4.39 Å². The quantitative estimate of drug-likeness (QED) is 0.507. The molecule has 8 heteroatoms. The van der Waals surface area contributed by atoms with Crippen molar-refractivity contribution >= 4 is 16.9 Å². The van der Waals surface area contributed by atoms with Crippen LogP contribution in [-0.4, -0.2) is 51.4 Å². The van der Waals surface area contributed by atoms with E-state index in [4.69, 9.17) is 0 Å². The number of aromatic amines is 1. The molecule has 1 fully saturated rings. The molecule has 1 aliphatic heterocycles. The Morgan fingerprint density at radius 1 is 1.24 bits per heavy atom. The maximum absolute atomic E-state index is 13.7. The number of halogens is 1. The molecule has 1 aromatic carbocycles. The minimum Gasteiger partial charge on any atom is -0.349 e. The van der Waals surface area contributed by atoms with Crippen LogP contribution in [0.1, 0.15) is 24.4 Å². The molecule has 1 aliphatic rings. The van der Waals surface area contributed by atoms with E-state index in [9.17, 15) is 9.18 Å². The van der Waals surface area contributed by atoms with E-state index in [-0.39, 0.29) is 24.2 Å². The number of H-pyrrole nitrogens is 1. The summed E-state index contributed by atoms with van der Waals surface area (Å²) in [6.45, 7) is 3.19. The van der Waals surface area contributed by atoms with Gasteiger partial charge in [0.05, 0.1) is 35.9 Å². The molecule has 7 nitrogen and oxygen atoms in total. The molecule has 0 spiro atoms. The topological polar surface area (TPSA) is 85.9 Å². The fourth-order valence-corrected chi connectivity index (χ4v) is 3.75. The molecule has 0 aliphatic carbocycles. The summed E-state index contributed by atoms with van der Waals surface area (Å²) >= 11 is 0. The minimum atomic E-state index is -0.397. The first kappa shape index (κ1) is 19.5.